The number of rotatable bonds is 2. The highest BCUT2D eigenvalue weighted by molar-refractivity contribution is 5.50. The van der Waals surface area contributed by atoms with Crippen LogP contribution in [0, 0.1) is 0 Å². The second-order valence-corrected chi connectivity index (χ2v) is 4.32. The van der Waals surface area contributed by atoms with Gasteiger partial charge < -0.3 is 9.80 Å². The van der Waals surface area contributed by atoms with E-state index in [1.165, 1.54) is 38.0 Å². The van der Waals surface area contributed by atoms with Gasteiger partial charge in [0.2, 0.25) is 0 Å². The number of hydrogen-bond acceptors (Lipinski definition) is 3. The molecule has 0 saturated carbocycles. The Morgan fingerprint density at radius 3 is 2.40 bits per heavy atom. The van der Waals surface area contributed by atoms with Crippen molar-refractivity contribution in [3.63, 3.8) is 0 Å². The van der Waals surface area contributed by atoms with Gasteiger partial charge >= 0.3 is 0 Å². The summed E-state index contributed by atoms with van der Waals surface area (Å²) in [4.78, 5) is 8.89. The van der Waals surface area contributed by atoms with Gasteiger partial charge in [0.15, 0.2) is 0 Å². The number of aromatic nitrogens is 1. The molecule has 0 unspecified atom stereocenters. The maximum atomic E-state index is 4.44. The van der Waals surface area contributed by atoms with Crippen LogP contribution in [0.4, 0.5) is 11.5 Å². The summed E-state index contributed by atoms with van der Waals surface area (Å²) in [6.45, 7) is 2.37. The SMILES string of the molecule is CN(C)c1ccc(N2CCCCC2)cn1. The van der Waals surface area contributed by atoms with Gasteiger partial charge in [0.25, 0.3) is 0 Å². The normalized spacial score (nSPS) is 16.5. The molecule has 82 valence electrons. The number of anilines is 2. The second kappa shape index (κ2) is 4.51. The summed E-state index contributed by atoms with van der Waals surface area (Å²) in [5, 5.41) is 0. The highest BCUT2D eigenvalue weighted by atomic mass is 15.2. The van der Waals surface area contributed by atoms with Crippen molar-refractivity contribution >= 4 is 11.5 Å². The van der Waals surface area contributed by atoms with Crippen molar-refractivity contribution in [1.82, 2.24) is 4.98 Å². The van der Waals surface area contributed by atoms with Crippen LogP contribution in [0.2, 0.25) is 0 Å². The van der Waals surface area contributed by atoms with Crippen LogP contribution in [0.5, 0.6) is 0 Å². The van der Waals surface area contributed by atoms with Gasteiger partial charge in [0.05, 0.1) is 11.9 Å². The highest BCUT2D eigenvalue weighted by Gasteiger charge is 2.10. The minimum atomic E-state index is 1.02. The van der Waals surface area contributed by atoms with Crippen LogP contribution in [0.3, 0.4) is 0 Å². The first-order valence-corrected chi connectivity index (χ1v) is 5.66. The lowest BCUT2D eigenvalue weighted by Crippen LogP contribution is -2.29. The van der Waals surface area contributed by atoms with E-state index in [0.717, 1.165) is 5.82 Å². The molecule has 0 bridgehead atoms. The summed E-state index contributed by atoms with van der Waals surface area (Å²) in [7, 11) is 4.03. The molecule has 0 radical (unpaired) electrons. The standard InChI is InChI=1S/C12H19N3/c1-14(2)12-7-6-11(10-13-12)15-8-4-3-5-9-15/h6-7,10H,3-5,8-9H2,1-2H3. The van der Waals surface area contributed by atoms with Crippen LogP contribution in [0.1, 0.15) is 19.3 Å². The highest BCUT2D eigenvalue weighted by Crippen LogP contribution is 2.20. The van der Waals surface area contributed by atoms with E-state index >= 15 is 0 Å². The molecule has 0 aliphatic carbocycles. The van der Waals surface area contributed by atoms with Crippen molar-refractivity contribution in [2.75, 3.05) is 37.0 Å². The van der Waals surface area contributed by atoms with Gasteiger partial charge in [-0.15, -0.1) is 0 Å². The molecule has 2 rings (SSSR count). The van der Waals surface area contributed by atoms with E-state index in [0.29, 0.717) is 0 Å². The summed E-state index contributed by atoms with van der Waals surface area (Å²) in [6.07, 6.45) is 5.99. The van der Waals surface area contributed by atoms with Crippen molar-refractivity contribution < 1.29 is 0 Å². The number of hydrogen-bond donors (Lipinski definition) is 0. The average Bonchev–Trinajstić information content (AvgIpc) is 2.30. The van der Waals surface area contributed by atoms with Gasteiger partial charge in [0, 0.05) is 27.2 Å². The third kappa shape index (κ3) is 2.41. The zero-order valence-corrected chi connectivity index (χ0v) is 9.61. The number of nitrogens with zero attached hydrogens (tertiary/aromatic N) is 3. The topological polar surface area (TPSA) is 19.4 Å². The Labute approximate surface area is 91.7 Å². The zero-order valence-electron chi connectivity index (χ0n) is 9.61. The van der Waals surface area contributed by atoms with Crippen LogP contribution in [-0.2, 0) is 0 Å². The molecular weight excluding hydrogens is 186 g/mol. The summed E-state index contributed by atoms with van der Waals surface area (Å²) in [5.41, 5.74) is 1.26. The van der Waals surface area contributed by atoms with Crippen LogP contribution in [0.15, 0.2) is 18.3 Å². The molecule has 0 N–H and O–H groups in total. The van der Waals surface area contributed by atoms with Crippen LogP contribution in [0.25, 0.3) is 0 Å². The first-order chi connectivity index (χ1) is 7.27. The molecule has 1 fully saturated rings. The van der Waals surface area contributed by atoms with Crippen LogP contribution >= 0.6 is 0 Å². The molecular formula is C12H19N3. The molecule has 1 saturated heterocycles. The Morgan fingerprint density at radius 1 is 1.13 bits per heavy atom. The first-order valence-electron chi connectivity index (χ1n) is 5.66. The van der Waals surface area contributed by atoms with Gasteiger partial charge in [-0.3, -0.25) is 0 Å². The van der Waals surface area contributed by atoms with Crippen molar-refractivity contribution in [3.05, 3.63) is 18.3 Å². The Bertz CT molecular complexity index is 299. The molecule has 0 aromatic carbocycles. The molecule has 15 heavy (non-hydrogen) atoms. The lowest BCUT2D eigenvalue weighted by atomic mass is 10.1. The van der Waals surface area contributed by atoms with Crippen LogP contribution in [-0.4, -0.2) is 32.2 Å². The quantitative estimate of drug-likeness (QED) is 0.737. The first kappa shape index (κ1) is 10.3. The molecule has 1 aliphatic rings. The number of piperidine rings is 1. The van der Waals surface area contributed by atoms with Gasteiger partial charge in [-0.25, -0.2) is 4.98 Å². The predicted molar refractivity (Wildman–Crippen MR) is 64.6 cm³/mol. The fourth-order valence-corrected chi connectivity index (χ4v) is 1.98. The van der Waals surface area contributed by atoms with Crippen molar-refractivity contribution in [3.8, 4) is 0 Å². The van der Waals surface area contributed by atoms with E-state index in [9.17, 15) is 0 Å². The zero-order chi connectivity index (χ0) is 10.7. The Hall–Kier alpha value is -1.25. The Morgan fingerprint density at radius 2 is 1.87 bits per heavy atom. The van der Waals surface area contributed by atoms with Gasteiger partial charge in [-0.2, -0.15) is 0 Å². The molecule has 3 nitrogen and oxygen atoms in total. The maximum Gasteiger partial charge on any atom is 0.128 e. The fourth-order valence-electron chi connectivity index (χ4n) is 1.98. The molecule has 0 atom stereocenters. The van der Waals surface area contributed by atoms with Gasteiger partial charge in [0.1, 0.15) is 5.82 Å². The molecule has 1 aromatic heterocycles. The van der Waals surface area contributed by atoms with Crippen molar-refractivity contribution in [1.29, 1.82) is 0 Å². The lowest BCUT2D eigenvalue weighted by Gasteiger charge is -2.28. The third-order valence-corrected chi connectivity index (χ3v) is 2.91. The Kier molecular flexibility index (Phi) is 3.09. The smallest absolute Gasteiger partial charge is 0.128 e. The minimum Gasteiger partial charge on any atom is -0.370 e. The Balaban J connectivity index is 2.08. The van der Waals surface area contributed by atoms with E-state index in [1.54, 1.807) is 0 Å². The fraction of sp³-hybridized carbons (Fsp3) is 0.583. The second-order valence-electron chi connectivity index (χ2n) is 4.32. The van der Waals surface area contributed by atoms with E-state index in [2.05, 4.69) is 22.0 Å². The molecule has 0 spiro atoms. The molecule has 1 aromatic rings. The molecule has 3 heteroatoms. The van der Waals surface area contributed by atoms with Crippen molar-refractivity contribution in [2.45, 2.75) is 19.3 Å². The van der Waals surface area contributed by atoms with E-state index in [4.69, 9.17) is 0 Å². The third-order valence-electron chi connectivity index (χ3n) is 2.91. The predicted octanol–water partition coefficient (Wildman–Crippen LogP) is 2.14. The van der Waals surface area contributed by atoms with E-state index in [-0.39, 0.29) is 0 Å². The van der Waals surface area contributed by atoms with Crippen molar-refractivity contribution in [2.24, 2.45) is 0 Å². The van der Waals surface area contributed by atoms with E-state index in [1.807, 2.05) is 25.2 Å². The molecule has 0 amide bonds. The van der Waals surface area contributed by atoms with Crippen LogP contribution < -0.4 is 9.80 Å². The summed E-state index contributed by atoms with van der Waals surface area (Å²) >= 11 is 0. The van der Waals surface area contributed by atoms with Gasteiger partial charge in [-0.05, 0) is 31.4 Å². The lowest BCUT2D eigenvalue weighted by molar-refractivity contribution is 0.577. The summed E-state index contributed by atoms with van der Waals surface area (Å²) in [5.74, 6) is 1.02. The maximum absolute atomic E-state index is 4.44. The summed E-state index contributed by atoms with van der Waals surface area (Å²) < 4.78 is 0. The number of pyridine rings is 1. The molecule has 2 heterocycles. The molecule has 1 aliphatic heterocycles. The van der Waals surface area contributed by atoms with Gasteiger partial charge in [-0.1, -0.05) is 0 Å². The van der Waals surface area contributed by atoms with E-state index < -0.39 is 0 Å². The average molecular weight is 205 g/mol. The minimum absolute atomic E-state index is 1.02. The largest absolute Gasteiger partial charge is 0.370 e. The monoisotopic (exact) mass is 205 g/mol. The summed E-state index contributed by atoms with van der Waals surface area (Å²) in [6, 6.07) is 4.26.